The van der Waals surface area contributed by atoms with E-state index in [2.05, 4.69) is 0 Å². The number of piperidine rings is 1. The van der Waals surface area contributed by atoms with Gasteiger partial charge >= 0.3 is 6.18 Å². The van der Waals surface area contributed by atoms with Gasteiger partial charge in [-0.2, -0.15) is 13.2 Å². The van der Waals surface area contributed by atoms with Gasteiger partial charge in [0.25, 0.3) is 0 Å². The Labute approximate surface area is 122 Å². The number of nitrogens with zero attached hydrogens (tertiary/aromatic N) is 1. The standard InChI is InChI=1S/C16H20F3NO/c17-16(18,19)14(13-5-2-1-3-6-13)20-10-8-15(9-11-20)7-4-12-21-15/h1-3,5-6,14H,4,7-12H2. The molecule has 2 aliphatic rings. The molecule has 3 rings (SSSR count). The molecule has 0 aliphatic carbocycles. The van der Waals surface area contributed by atoms with Gasteiger partial charge in [-0.3, -0.25) is 4.90 Å². The quantitative estimate of drug-likeness (QED) is 0.820. The molecule has 2 heterocycles. The molecule has 1 unspecified atom stereocenters. The van der Waals surface area contributed by atoms with Gasteiger partial charge in [0, 0.05) is 19.7 Å². The number of benzene rings is 1. The van der Waals surface area contributed by atoms with Gasteiger partial charge in [-0.1, -0.05) is 30.3 Å². The van der Waals surface area contributed by atoms with E-state index >= 15 is 0 Å². The van der Waals surface area contributed by atoms with Crippen molar-refractivity contribution in [1.82, 2.24) is 4.90 Å². The lowest BCUT2D eigenvalue weighted by atomic mass is 9.87. The van der Waals surface area contributed by atoms with Crippen molar-refractivity contribution in [3.8, 4) is 0 Å². The Bertz CT molecular complexity index is 458. The van der Waals surface area contributed by atoms with E-state index < -0.39 is 12.2 Å². The zero-order valence-corrected chi connectivity index (χ0v) is 11.9. The summed E-state index contributed by atoms with van der Waals surface area (Å²) in [7, 11) is 0. The van der Waals surface area contributed by atoms with Crippen LogP contribution in [0.25, 0.3) is 0 Å². The Hall–Kier alpha value is -1.07. The minimum Gasteiger partial charge on any atom is -0.375 e. The van der Waals surface area contributed by atoms with Gasteiger partial charge in [-0.15, -0.1) is 0 Å². The number of ether oxygens (including phenoxy) is 1. The Morgan fingerprint density at radius 2 is 1.71 bits per heavy atom. The molecule has 2 saturated heterocycles. The molecule has 2 nitrogen and oxygen atoms in total. The van der Waals surface area contributed by atoms with Crippen LogP contribution in [-0.4, -0.2) is 36.4 Å². The second kappa shape index (κ2) is 5.61. The Kier molecular flexibility index (Phi) is 3.97. The highest BCUT2D eigenvalue weighted by atomic mass is 19.4. The maximum absolute atomic E-state index is 13.5. The second-order valence-electron chi connectivity index (χ2n) is 6.03. The van der Waals surface area contributed by atoms with E-state index in [4.69, 9.17) is 4.74 Å². The molecule has 5 heteroatoms. The minimum absolute atomic E-state index is 0.149. The molecule has 0 radical (unpaired) electrons. The lowest BCUT2D eigenvalue weighted by molar-refractivity contribution is -0.195. The summed E-state index contributed by atoms with van der Waals surface area (Å²) >= 11 is 0. The summed E-state index contributed by atoms with van der Waals surface area (Å²) in [5, 5.41) is 0. The van der Waals surface area contributed by atoms with Crippen LogP contribution in [0.4, 0.5) is 13.2 Å². The van der Waals surface area contributed by atoms with Gasteiger partial charge in [-0.25, -0.2) is 0 Å². The number of rotatable bonds is 2. The Morgan fingerprint density at radius 1 is 1.05 bits per heavy atom. The van der Waals surface area contributed by atoms with E-state index in [1.54, 1.807) is 35.2 Å². The molecule has 1 aromatic carbocycles. The zero-order chi connectivity index (χ0) is 14.9. The van der Waals surface area contributed by atoms with Crippen LogP contribution in [0.2, 0.25) is 0 Å². The van der Waals surface area contributed by atoms with Gasteiger partial charge < -0.3 is 4.74 Å². The van der Waals surface area contributed by atoms with Crippen LogP contribution in [0.1, 0.15) is 37.3 Å². The van der Waals surface area contributed by atoms with Gasteiger partial charge in [0.2, 0.25) is 0 Å². The van der Waals surface area contributed by atoms with E-state index in [0.717, 1.165) is 19.4 Å². The Morgan fingerprint density at radius 3 is 2.24 bits per heavy atom. The van der Waals surface area contributed by atoms with Crippen molar-refractivity contribution in [2.45, 2.75) is 43.5 Å². The summed E-state index contributed by atoms with van der Waals surface area (Å²) in [6.45, 7) is 1.64. The number of hydrogen-bond acceptors (Lipinski definition) is 2. The summed E-state index contributed by atoms with van der Waals surface area (Å²) in [5.74, 6) is 0. The molecule has 0 bridgehead atoms. The largest absolute Gasteiger partial charge is 0.408 e. The number of halogens is 3. The maximum atomic E-state index is 13.5. The predicted octanol–water partition coefficient (Wildman–Crippen LogP) is 3.94. The molecule has 0 amide bonds. The van der Waals surface area contributed by atoms with Crippen molar-refractivity contribution < 1.29 is 17.9 Å². The summed E-state index contributed by atoms with van der Waals surface area (Å²) in [4.78, 5) is 1.56. The van der Waals surface area contributed by atoms with E-state index in [1.165, 1.54) is 0 Å². The summed E-state index contributed by atoms with van der Waals surface area (Å²) < 4.78 is 46.3. The van der Waals surface area contributed by atoms with Crippen LogP contribution in [-0.2, 0) is 4.74 Å². The fourth-order valence-corrected chi connectivity index (χ4v) is 3.58. The third kappa shape index (κ3) is 3.09. The predicted molar refractivity (Wildman–Crippen MR) is 74.0 cm³/mol. The van der Waals surface area contributed by atoms with Crippen molar-refractivity contribution in [3.05, 3.63) is 35.9 Å². The van der Waals surface area contributed by atoms with Crippen LogP contribution < -0.4 is 0 Å². The fourth-order valence-electron chi connectivity index (χ4n) is 3.58. The van der Waals surface area contributed by atoms with Crippen molar-refractivity contribution in [2.75, 3.05) is 19.7 Å². The minimum atomic E-state index is -4.25. The van der Waals surface area contributed by atoms with E-state index in [1.807, 2.05) is 0 Å². The lowest BCUT2D eigenvalue weighted by Crippen LogP contribution is -2.48. The normalized spacial score (nSPS) is 24.3. The topological polar surface area (TPSA) is 12.5 Å². The van der Waals surface area contributed by atoms with E-state index in [-0.39, 0.29) is 5.60 Å². The molecule has 0 N–H and O–H groups in total. The monoisotopic (exact) mass is 299 g/mol. The highest BCUT2D eigenvalue weighted by Gasteiger charge is 2.48. The van der Waals surface area contributed by atoms with Crippen LogP contribution in [0.5, 0.6) is 0 Å². The summed E-state index contributed by atoms with van der Waals surface area (Å²) in [6, 6.07) is 6.70. The second-order valence-corrected chi connectivity index (χ2v) is 6.03. The number of likely N-dealkylation sites (tertiary alicyclic amines) is 1. The van der Waals surface area contributed by atoms with Crippen LogP contribution >= 0.6 is 0 Å². The molecule has 1 aromatic rings. The first-order valence-electron chi connectivity index (χ1n) is 7.50. The molecular weight excluding hydrogens is 279 g/mol. The zero-order valence-electron chi connectivity index (χ0n) is 11.9. The average Bonchev–Trinajstić information content (AvgIpc) is 2.90. The fraction of sp³-hybridized carbons (Fsp3) is 0.625. The molecule has 21 heavy (non-hydrogen) atoms. The van der Waals surface area contributed by atoms with Gasteiger partial charge in [0.15, 0.2) is 0 Å². The van der Waals surface area contributed by atoms with Crippen molar-refractivity contribution >= 4 is 0 Å². The SMILES string of the molecule is FC(F)(F)C(c1ccccc1)N1CCC2(CCCO2)CC1. The Balaban J connectivity index is 1.76. The van der Waals surface area contributed by atoms with Crippen LogP contribution in [0.15, 0.2) is 30.3 Å². The molecule has 1 spiro atoms. The van der Waals surface area contributed by atoms with E-state index in [0.29, 0.717) is 31.5 Å². The lowest BCUT2D eigenvalue weighted by Gasteiger charge is -2.42. The molecule has 2 fully saturated rings. The van der Waals surface area contributed by atoms with E-state index in [9.17, 15) is 13.2 Å². The highest BCUT2D eigenvalue weighted by molar-refractivity contribution is 5.21. The molecular formula is C16H20F3NO. The number of alkyl halides is 3. The molecule has 0 aromatic heterocycles. The van der Waals surface area contributed by atoms with Crippen molar-refractivity contribution in [2.24, 2.45) is 0 Å². The van der Waals surface area contributed by atoms with Crippen LogP contribution in [0.3, 0.4) is 0 Å². The number of hydrogen-bond donors (Lipinski definition) is 0. The first-order chi connectivity index (χ1) is 10.0. The van der Waals surface area contributed by atoms with Crippen molar-refractivity contribution in [1.29, 1.82) is 0 Å². The highest BCUT2D eigenvalue weighted by Crippen LogP contribution is 2.42. The van der Waals surface area contributed by atoms with Gasteiger partial charge in [0.1, 0.15) is 6.04 Å². The molecule has 116 valence electrons. The molecule has 1 atom stereocenters. The third-order valence-electron chi connectivity index (χ3n) is 4.68. The molecule has 0 saturated carbocycles. The first-order valence-corrected chi connectivity index (χ1v) is 7.50. The van der Waals surface area contributed by atoms with Gasteiger partial charge in [-0.05, 0) is 31.2 Å². The van der Waals surface area contributed by atoms with Gasteiger partial charge in [0.05, 0.1) is 5.60 Å². The smallest absolute Gasteiger partial charge is 0.375 e. The average molecular weight is 299 g/mol. The summed E-state index contributed by atoms with van der Waals surface area (Å²) in [6.07, 6.45) is -0.828. The van der Waals surface area contributed by atoms with Crippen molar-refractivity contribution in [3.63, 3.8) is 0 Å². The third-order valence-corrected chi connectivity index (χ3v) is 4.68. The summed E-state index contributed by atoms with van der Waals surface area (Å²) in [5.41, 5.74) is 0.178. The maximum Gasteiger partial charge on any atom is 0.408 e. The first kappa shape index (κ1) is 14.9. The molecule has 2 aliphatic heterocycles. The van der Waals surface area contributed by atoms with Crippen LogP contribution in [0, 0.1) is 0 Å².